The molecule has 2 aromatic rings. The summed E-state index contributed by atoms with van der Waals surface area (Å²) in [6, 6.07) is 4.17. The van der Waals surface area contributed by atoms with Crippen molar-refractivity contribution >= 4 is 5.69 Å². The lowest BCUT2D eigenvalue weighted by molar-refractivity contribution is 0.381. The molecule has 0 unspecified atom stereocenters. The van der Waals surface area contributed by atoms with E-state index < -0.39 is 34.6 Å². The van der Waals surface area contributed by atoms with E-state index >= 15 is 0 Å². The molecule has 0 atom stereocenters. The maximum atomic E-state index is 13.6. The molecule has 0 radical (unpaired) electrons. The van der Waals surface area contributed by atoms with E-state index in [1.165, 1.54) is 12.1 Å². The van der Waals surface area contributed by atoms with Crippen LogP contribution in [0.15, 0.2) is 18.2 Å². The van der Waals surface area contributed by atoms with Crippen molar-refractivity contribution in [2.45, 2.75) is 6.92 Å². The first-order chi connectivity index (χ1) is 8.86. The van der Waals surface area contributed by atoms with E-state index in [0.717, 1.165) is 0 Å². The largest absolute Gasteiger partial charge is 0.398 e. The highest BCUT2D eigenvalue weighted by Crippen LogP contribution is 2.35. The second-order valence-electron chi connectivity index (χ2n) is 3.98. The summed E-state index contributed by atoms with van der Waals surface area (Å²) < 4.78 is 66.4. The van der Waals surface area contributed by atoms with Gasteiger partial charge >= 0.3 is 0 Å². The Morgan fingerprint density at radius 3 is 1.79 bits per heavy atom. The van der Waals surface area contributed by atoms with Gasteiger partial charge in [-0.25, -0.2) is 22.0 Å². The van der Waals surface area contributed by atoms with Crippen LogP contribution in [0.25, 0.3) is 11.1 Å². The van der Waals surface area contributed by atoms with Crippen molar-refractivity contribution < 1.29 is 22.0 Å². The van der Waals surface area contributed by atoms with Gasteiger partial charge in [0.1, 0.15) is 0 Å². The lowest BCUT2D eigenvalue weighted by atomic mass is 9.99. The summed E-state index contributed by atoms with van der Waals surface area (Å²) in [6.07, 6.45) is 0. The fourth-order valence-corrected chi connectivity index (χ4v) is 1.74. The minimum Gasteiger partial charge on any atom is -0.398 e. The quantitative estimate of drug-likeness (QED) is 0.362. The molecule has 0 spiro atoms. The van der Waals surface area contributed by atoms with Crippen LogP contribution in [0.3, 0.4) is 0 Å². The summed E-state index contributed by atoms with van der Waals surface area (Å²) in [7, 11) is 0. The molecule has 0 bridgehead atoms. The van der Waals surface area contributed by atoms with Gasteiger partial charge in [-0.1, -0.05) is 18.2 Å². The topological polar surface area (TPSA) is 26.0 Å². The number of rotatable bonds is 1. The van der Waals surface area contributed by atoms with Crippen molar-refractivity contribution in [1.29, 1.82) is 0 Å². The lowest BCUT2D eigenvalue weighted by Crippen LogP contribution is -2.05. The van der Waals surface area contributed by atoms with Gasteiger partial charge < -0.3 is 5.73 Å². The summed E-state index contributed by atoms with van der Waals surface area (Å²) in [6.45, 7) is 1.56. The average Bonchev–Trinajstić information content (AvgIpc) is 2.39. The zero-order valence-corrected chi connectivity index (χ0v) is 9.70. The molecule has 2 rings (SSSR count). The summed E-state index contributed by atoms with van der Waals surface area (Å²) in [4.78, 5) is 0. The van der Waals surface area contributed by atoms with Crippen molar-refractivity contribution in [3.63, 3.8) is 0 Å². The Labute approximate surface area is 105 Å². The average molecular weight is 273 g/mol. The van der Waals surface area contributed by atoms with Crippen LogP contribution in [0.4, 0.5) is 27.6 Å². The molecule has 0 aliphatic rings. The SMILES string of the molecule is Cc1cccc(-c2c(F)c(F)c(F)c(F)c2F)c1N. The number of aryl methyl sites for hydroxylation is 1. The molecule has 1 nitrogen and oxygen atoms in total. The van der Waals surface area contributed by atoms with Gasteiger partial charge in [-0.15, -0.1) is 0 Å². The highest BCUT2D eigenvalue weighted by Gasteiger charge is 2.27. The van der Waals surface area contributed by atoms with Crippen LogP contribution in [-0.2, 0) is 0 Å². The maximum absolute atomic E-state index is 13.6. The van der Waals surface area contributed by atoms with Crippen molar-refractivity contribution in [1.82, 2.24) is 0 Å². The van der Waals surface area contributed by atoms with Crippen LogP contribution in [-0.4, -0.2) is 0 Å². The fraction of sp³-hybridized carbons (Fsp3) is 0.0769. The van der Waals surface area contributed by atoms with E-state index in [9.17, 15) is 22.0 Å². The first-order valence-electron chi connectivity index (χ1n) is 5.23. The van der Waals surface area contributed by atoms with Gasteiger partial charge in [0.2, 0.25) is 5.82 Å². The highest BCUT2D eigenvalue weighted by molar-refractivity contribution is 5.79. The molecule has 0 saturated heterocycles. The Balaban J connectivity index is 2.87. The van der Waals surface area contributed by atoms with Crippen LogP contribution in [0.1, 0.15) is 5.56 Å². The molecule has 0 saturated carbocycles. The monoisotopic (exact) mass is 273 g/mol. The smallest absolute Gasteiger partial charge is 0.200 e. The number of nitrogens with two attached hydrogens (primary N) is 1. The minimum absolute atomic E-state index is 0.0364. The molecule has 0 fully saturated rings. The third-order valence-corrected chi connectivity index (χ3v) is 2.80. The molecule has 0 aliphatic carbocycles. The van der Waals surface area contributed by atoms with E-state index in [4.69, 9.17) is 5.73 Å². The molecular weight excluding hydrogens is 265 g/mol. The standard InChI is InChI=1S/C13H8F5N/c1-5-3-2-4-6(13(5)19)7-8(14)10(16)12(18)11(17)9(7)15/h2-4H,19H2,1H3. The van der Waals surface area contributed by atoms with Gasteiger partial charge in [0.15, 0.2) is 23.3 Å². The van der Waals surface area contributed by atoms with Crippen LogP contribution in [0, 0.1) is 36.0 Å². The molecule has 2 N–H and O–H groups in total. The van der Waals surface area contributed by atoms with Crippen molar-refractivity contribution in [2.75, 3.05) is 5.73 Å². The van der Waals surface area contributed by atoms with Gasteiger partial charge in [-0.05, 0) is 12.5 Å². The Morgan fingerprint density at radius 2 is 1.26 bits per heavy atom. The number of benzene rings is 2. The molecule has 100 valence electrons. The van der Waals surface area contributed by atoms with E-state index in [1.54, 1.807) is 13.0 Å². The Bertz CT molecular complexity index is 638. The Hall–Kier alpha value is -2.11. The number of para-hydroxylation sites is 1. The lowest BCUT2D eigenvalue weighted by Gasteiger charge is -2.12. The zero-order chi connectivity index (χ0) is 14.3. The van der Waals surface area contributed by atoms with Gasteiger partial charge in [0.25, 0.3) is 0 Å². The highest BCUT2D eigenvalue weighted by atomic mass is 19.2. The number of nitrogen functional groups attached to an aromatic ring is 1. The predicted octanol–water partition coefficient (Wildman–Crippen LogP) is 3.94. The molecule has 2 aromatic carbocycles. The zero-order valence-electron chi connectivity index (χ0n) is 9.70. The third kappa shape index (κ3) is 1.93. The number of anilines is 1. The summed E-state index contributed by atoms with van der Waals surface area (Å²) in [5, 5.41) is 0. The second kappa shape index (κ2) is 4.53. The summed E-state index contributed by atoms with van der Waals surface area (Å²) in [5.74, 6) is -9.96. The van der Waals surface area contributed by atoms with Crippen LogP contribution in [0.2, 0.25) is 0 Å². The van der Waals surface area contributed by atoms with Crippen LogP contribution >= 0.6 is 0 Å². The van der Waals surface area contributed by atoms with Crippen LogP contribution in [0.5, 0.6) is 0 Å². The van der Waals surface area contributed by atoms with Gasteiger partial charge in [0.05, 0.1) is 5.56 Å². The molecule has 0 heterocycles. The van der Waals surface area contributed by atoms with Gasteiger partial charge in [-0.3, -0.25) is 0 Å². The first-order valence-corrected chi connectivity index (χ1v) is 5.23. The second-order valence-corrected chi connectivity index (χ2v) is 3.98. The van der Waals surface area contributed by atoms with Crippen molar-refractivity contribution in [3.05, 3.63) is 52.8 Å². The minimum atomic E-state index is -2.19. The van der Waals surface area contributed by atoms with E-state index in [2.05, 4.69) is 0 Å². The van der Waals surface area contributed by atoms with Crippen molar-refractivity contribution in [3.8, 4) is 11.1 Å². The van der Waals surface area contributed by atoms with Gasteiger partial charge in [-0.2, -0.15) is 0 Å². The molecule has 0 amide bonds. The summed E-state index contributed by atoms with van der Waals surface area (Å²) in [5.41, 5.74) is 4.81. The normalized spacial score (nSPS) is 10.8. The van der Waals surface area contributed by atoms with E-state index in [0.29, 0.717) is 5.56 Å². The van der Waals surface area contributed by atoms with Crippen LogP contribution < -0.4 is 5.73 Å². The molecule has 0 aromatic heterocycles. The van der Waals surface area contributed by atoms with E-state index in [1.807, 2.05) is 0 Å². The van der Waals surface area contributed by atoms with Gasteiger partial charge in [0, 0.05) is 11.3 Å². The number of hydrogen-bond donors (Lipinski definition) is 1. The first kappa shape index (κ1) is 13.3. The fourth-order valence-electron chi connectivity index (χ4n) is 1.74. The molecule has 6 heteroatoms. The number of halogens is 5. The summed E-state index contributed by atoms with van der Waals surface area (Å²) >= 11 is 0. The maximum Gasteiger partial charge on any atom is 0.200 e. The molecule has 0 aliphatic heterocycles. The molecular formula is C13H8F5N. The predicted molar refractivity (Wildman–Crippen MR) is 60.8 cm³/mol. The van der Waals surface area contributed by atoms with E-state index in [-0.39, 0.29) is 11.3 Å². The Kier molecular flexibility index (Phi) is 3.18. The number of hydrogen-bond acceptors (Lipinski definition) is 1. The third-order valence-electron chi connectivity index (χ3n) is 2.80. The van der Waals surface area contributed by atoms with Crippen molar-refractivity contribution in [2.24, 2.45) is 0 Å². The Morgan fingerprint density at radius 1 is 0.789 bits per heavy atom. The molecule has 19 heavy (non-hydrogen) atoms.